The Bertz CT molecular complexity index is 423. The SMILES string of the molecule is O=C(CCC1CCCCC1)c1ccc(F)cc1F. The zero-order valence-electron chi connectivity index (χ0n) is 10.4. The minimum Gasteiger partial charge on any atom is -0.294 e. The van der Waals surface area contributed by atoms with Gasteiger partial charge in [-0.15, -0.1) is 0 Å². The highest BCUT2D eigenvalue weighted by Crippen LogP contribution is 2.28. The van der Waals surface area contributed by atoms with Gasteiger partial charge in [0.05, 0.1) is 5.56 Å². The minimum atomic E-state index is -0.747. The van der Waals surface area contributed by atoms with Gasteiger partial charge in [-0.05, 0) is 24.5 Å². The number of ketones is 1. The van der Waals surface area contributed by atoms with Gasteiger partial charge in [0.2, 0.25) is 0 Å². The fourth-order valence-electron chi connectivity index (χ4n) is 2.66. The van der Waals surface area contributed by atoms with Gasteiger partial charge >= 0.3 is 0 Å². The second kappa shape index (κ2) is 6.07. The van der Waals surface area contributed by atoms with Crippen molar-refractivity contribution in [2.24, 2.45) is 5.92 Å². The highest BCUT2D eigenvalue weighted by atomic mass is 19.1. The third-order valence-electron chi connectivity index (χ3n) is 3.74. The zero-order chi connectivity index (χ0) is 13.0. The Kier molecular flexibility index (Phi) is 4.45. The third kappa shape index (κ3) is 3.37. The van der Waals surface area contributed by atoms with Crippen LogP contribution in [0.15, 0.2) is 18.2 Å². The van der Waals surface area contributed by atoms with Crippen LogP contribution in [0.4, 0.5) is 8.78 Å². The molecule has 1 fully saturated rings. The lowest BCUT2D eigenvalue weighted by Crippen LogP contribution is -2.10. The molecule has 1 saturated carbocycles. The Morgan fingerprint density at radius 1 is 1.17 bits per heavy atom. The quantitative estimate of drug-likeness (QED) is 0.721. The molecular weight excluding hydrogens is 234 g/mol. The Balaban J connectivity index is 1.90. The molecule has 0 atom stereocenters. The van der Waals surface area contributed by atoms with Gasteiger partial charge in [-0.1, -0.05) is 32.1 Å². The lowest BCUT2D eigenvalue weighted by Gasteiger charge is -2.20. The number of hydrogen-bond donors (Lipinski definition) is 0. The molecule has 0 unspecified atom stereocenters. The first-order valence-electron chi connectivity index (χ1n) is 6.65. The summed E-state index contributed by atoms with van der Waals surface area (Å²) in [4.78, 5) is 11.9. The van der Waals surface area contributed by atoms with E-state index >= 15 is 0 Å². The molecule has 0 aliphatic heterocycles. The van der Waals surface area contributed by atoms with E-state index < -0.39 is 11.6 Å². The number of Topliss-reactive ketones (excluding diaryl/α,β-unsaturated/α-hetero) is 1. The molecule has 1 aliphatic rings. The van der Waals surface area contributed by atoms with E-state index in [-0.39, 0.29) is 11.3 Å². The molecule has 98 valence electrons. The van der Waals surface area contributed by atoms with Crippen molar-refractivity contribution < 1.29 is 13.6 Å². The van der Waals surface area contributed by atoms with Gasteiger partial charge in [-0.3, -0.25) is 4.79 Å². The summed E-state index contributed by atoms with van der Waals surface area (Å²) in [5.74, 6) is -0.996. The van der Waals surface area contributed by atoms with Gasteiger partial charge in [0.25, 0.3) is 0 Å². The van der Waals surface area contributed by atoms with E-state index in [0.29, 0.717) is 12.3 Å². The average Bonchev–Trinajstić information content (AvgIpc) is 2.37. The molecule has 18 heavy (non-hydrogen) atoms. The van der Waals surface area contributed by atoms with Crippen LogP contribution < -0.4 is 0 Å². The molecule has 0 bridgehead atoms. The smallest absolute Gasteiger partial charge is 0.165 e. The monoisotopic (exact) mass is 252 g/mol. The molecule has 0 aromatic heterocycles. The van der Waals surface area contributed by atoms with Crippen LogP contribution in [-0.2, 0) is 0 Å². The maximum atomic E-state index is 13.4. The van der Waals surface area contributed by atoms with E-state index in [1.165, 1.54) is 38.2 Å². The highest BCUT2D eigenvalue weighted by molar-refractivity contribution is 5.96. The van der Waals surface area contributed by atoms with E-state index in [0.717, 1.165) is 18.6 Å². The van der Waals surface area contributed by atoms with E-state index in [4.69, 9.17) is 0 Å². The fraction of sp³-hybridized carbons (Fsp3) is 0.533. The van der Waals surface area contributed by atoms with Crippen molar-refractivity contribution in [3.63, 3.8) is 0 Å². The number of rotatable bonds is 4. The van der Waals surface area contributed by atoms with Crippen LogP contribution in [0.1, 0.15) is 55.3 Å². The molecule has 1 nitrogen and oxygen atoms in total. The van der Waals surface area contributed by atoms with Crippen molar-refractivity contribution in [2.45, 2.75) is 44.9 Å². The fourth-order valence-corrected chi connectivity index (χ4v) is 2.66. The maximum Gasteiger partial charge on any atom is 0.165 e. The lowest BCUT2D eigenvalue weighted by molar-refractivity contribution is 0.0966. The van der Waals surface area contributed by atoms with Crippen LogP contribution >= 0.6 is 0 Å². The van der Waals surface area contributed by atoms with Crippen molar-refractivity contribution >= 4 is 5.78 Å². The van der Waals surface area contributed by atoms with E-state index in [2.05, 4.69) is 0 Å². The third-order valence-corrected chi connectivity index (χ3v) is 3.74. The summed E-state index contributed by atoms with van der Waals surface area (Å²) >= 11 is 0. The van der Waals surface area contributed by atoms with Crippen LogP contribution in [0.3, 0.4) is 0 Å². The molecule has 0 saturated heterocycles. The molecule has 1 aromatic carbocycles. The number of carbonyl (C=O) groups excluding carboxylic acids is 1. The number of carbonyl (C=O) groups is 1. The van der Waals surface area contributed by atoms with Crippen LogP contribution in [0, 0.1) is 17.6 Å². The molecule has 1 aromatic rings. The molecule has 1 aliphatic carbocycles. The van der Waals surface area contributed by atoms with Gasteiger partial charge in [0, 0.05) is 12.5 Å². The Labute approximate surface area is 106 Å². The van der Waals surface area contributed by atoms with Gasteiger partial charge in [-0.25, -0.2) is 8.78 Å². The Morgan fingerprint density at radius 3 is 2.56 bits per heavy atom. The molecule has 0 N–H and O–H groups in total. The number of benzene rings is 1. The molecule has 0 radical (unpaired) electrons. The summed E-state index contributed by atoms with van der Waals surface area (Å²) in [6.45, 7) is 0. The predicted molar refractivity (Wildman–Crippen MR) is 66.5 cm³/mol. The van der Waals surface area contributed by atoms with Gasteiger partial charge in [0.1, 0.15) is 11.6 Å². The first kappa shape index (κ1) is 13.2. The van der Waals surface area contributed by atoms with Crippen molar-refractivity contribution in [1.29, 1.82) is 0 Å². The molecule has 2 rings (SSSR count). The largest absolute Gasteiger partial charge is 0.294 e. The standard InChI is InChI=1S/C15H18F2O/c16-12-7-8-13(14(17)10-12)15(18)9-6-11-4-2-1-3-5-11/h7-8,10-11H,1-6,9H2. The van der Waals surface area contributed by atoms with Crippen LogP contribution in [0.25, 0.3) is 0 Å². The summed E-state index contributed by atoms with van der Waals surface area (Å²) in [7, 11) is 0. The van der Waals surface area contributed by atoms with Crippen molar-refractivity contribution in [2.75, 3.05) is 0 Å². The van der Waals surface area contributed by atoms with Gasteiger partial charge in [-0.2, -0.15) is 0 Å². The topological polar surface area (TPSA) is 17.1 Å². The van der Waals surface area contributed by atoms with E-state index in [9.17, 15) is 13.6 Å². The number of hydrogen-bond acceptors (Lipinski definition) is 1. The van der Waals surface area contributed by atoms with Crippen molar-refractivity contribution in [3.05, 3.63) is 35.4 Å². The summed E-state index contributed by atoms with van der Waals surface area (Å²) in [5, 5.41) is 0. The first-order valence-corrected chi connectivity index (χ1v) is 6.65. The molecular formula is C15H18F2O. The normalized spacial score (nSPS) is 16.8. The molecule has 0 heterocycles. The second-order valence-electron chi connectivity index (χ2n) is 5.09. The van der Waals surface area contributed by atoms with Crippen LogP contribution in [-0.4, -0.2) is 5.78 Å². The van der Waals surface area contributed by atoms with E-state index in [1.807, 2.05) is 0 Å². The summed E-state index contributed by atoms with van der Waals surface area (Å²) in [6.07, 6.45) is 7.33. The summed E-state index contributed by atoms with van der Waals surface area (Å²) in [6, 6.07) is 3.15. The van der Waals surface area contributed by atoms with Crippen molar-refractivity contribution in [3.8, 4) is 0 Å². The van der Waals surface area contributed by atoms with Crippen LogP contribution in [0.2, 0.25) is 0 Å². The lowest BCUT2D eigenvalue weighted by atomic mass is 9.85. The molecule has 0 amide bonds. The first-order chi connectivity index (χ1) is 8.66. The Morgan fingerprint density at radius 2 is 1.89 bits per heavy atom. The summed E-state index contributed by atoms with van der Waals surface area (Å²) < 4.78 is 26.1. The highest BCUT2D eigenvalue weighted by Gasteiger charge is 2.17. The molecule has 0 spiro atoms. The summed E-state index contributed by atoms with van der Waals surface area (Å²) in [5.41, 5.74) is 0.0206. The average molecular weight is 252 g/mol. The minimum absolute atomic E-state index is 0.0206. The van der Waals surface area contributed by atoms with E-state index in [1.54, 1.807) is 0 Å². The second-order valence-corrected chi connectivity index (χ2v) is 5.09. The van der Waals surface area contributed by atoms with Crippen molar-refractivity contribution in [1.82, 2.24) is 0 Å². The zero-order valence-corrected chi connectivity index (χ0v) is 10.4. The Hall–Kier alpha value is -1.25. The van der Waals surface area contributed by atoms with Gasteiger partial charge < -0.3 is 0 Å². The predicted octanol–water partition coefficient (Wildman–Crippen LogP) is 4.51. The number of halogens is 2. The maximum absolute atomic E-state index is 13.4. The van der Waals surface area contributed by atoms with Crippen LogP contribution in [0.5, 0.6) is 0 Å². The molecule has 3 heteroatoms. The van der Waals surface area contributed by atoms with Gasteiger partial charge in [0.15, 0.2) is 5.78 Å².